The summed E-state index contributed by atoms with van der Waals surface area (Å²) in [7, 11) is -3.86. The molecule has 0 spiro atoms. The largest absolute Gasteiger partial charge is 0.390 e. The highest BCUT2D eigenvalue weighted by molar-refractivity contribution is 7.92. The van der Waals surface area contributed by atoms with Crippen molar-refractivity contribution in [1.29, 1.82) is 0 Å². The molecule has 1 saturated carbocycles. The van der Waals surface area contributed by atoms with Gasteiger partial charge in [-0.05, 0) is 83.4 Å². The summed E-state index contributed by atoms with van der Waals surface area (Å²) in [5.41, 5.74) is 0.657. The van der Waals surface area contributed by atoms with E-state index < -0.39 is 56.2 Å². The SMILES string of the molecule is CC(C)(C)NC(=O)C1CC2CCCCC2CN1CC(O)C(Cc1ccccc1)NC(=O)C(NC(=O)c1ccncc1)C(C)(C)S(C)(=O)=O. The van der Waals surface area contributed by atoms with E-state index in [1.54, 1.807) is 0 Å². The quantitative estimate of drug-likeness (QED) is 0.266. The molecular weight excluding hydrogens is 630 g/mol. The highest BCUT2D eigenvalue weighted by Gasteiger charge is 2.46. The number of piperidine rings is 1. The van der Waals surface area contributed by atoms with Crippen LogP contribution in [0.15, 0.2) is 54.9 Å². The first kappa shape index (κ1) is 37.5. The minimum atomic E-state index is -3.86. The Morgan fingerprint density at radius 2 is 1.58 bits per heavy atom. The molecule has 4 rings (SSSR count). The van der Waals surface area contributed by atoms with Gasteiger partial charge in [0.15, 0.2) is 9.84 Å². The lowest BCUT2D eigenvalue weighted by atomic mass is 9.72. The molecule has 1 aliphatic carbocycles. The van der Waals surface area contributed by atoms with E-state index in [0.29, 0.717) is 24.8 Å². The molecule has 6 unspecified atom stereocenters. The van der Waals surface area contributed by atoms with E-state index in [1.165, 1.54) is 38.4 Å². The van der Waals surface area contributed by atoms with Gasteiger partial charge in [-0.2, -0.15) is 0 Å². The van der Waals surface area contributed by atoms with E-state index in [-0.39, 0.29) is 24.4 Å². The van der Waals surface area contributed by atoms with Crippen LogP contribution in [0.4, 0.5) is 0 Å². The molecule has 2 fully saturated rings. The number of amides is 3. The molecule has 11 nitrogen and oxygen atoms in total. The van der Waals surface area contributed by atoms with Gasteiger partial charge in [-0.1, -0.05) is 49.6 Å². The normalized spacial score (nSPS) is 22.4. The Morgan fingerprint density at radius 3 is 2.19 bits per heavy atom. The van der Waals surface area contributed by atoms with Crippen LogP contribution >= 0.6 is 0 Å². The van der Waals surface area contributed by atoms with Crippen molar-refractivity contribution in [1.82, 2.24) is 25.8 Å². The molecule has 4 N–H and O–H groups in total. The van der Waals surface area contributed by atoms with Crippen molar-refractivity contribution in [3.05, 3.63) is 66.0 Å². The molecule has 6 atom stereocenters. The third kappa shape index (κ3) is 9.63. The number of nitrogens with one attached hydrogen (secondary N) is 3. The lowest BCUT2D eigenvalue weighted by Crippen LogP contribution is -2.64. The number of nitrogens with zero attached hydrogens (tertiary/aromatic N) is 2. The molecule has 1 aromatic carbocycles. The van der Waals surface area contributed by atoms with Crippen LogP contribution in [0.25, 0.3) is 0 Å². The average molecular weight is 684 g/mol. The number of benzene rings is 1. The molecule has 1 aliphatic heterocycles. The number of hydrogen-bond acceptors (Lipinski definition) is 8. The molecule has 2 aromatic rings. The molecule has 3 amide bonds. The van der Waals surface area contributed by atoms with Gasteiger partial charge in [-0.25, -0.2) is 8.42 Å². The summed E-state index contributed by atoms with van der Waals surface area (Å²) in [6, 6.07) is 9.57. The maximum atomic E-state index is 14.1. The third-order valence-electron chi connectivity index (χ3n) is 9.95. The van der Waals surface area contributed by atoms with Gasteiger partial charge in [0.25, 0.3) is 5.91 Å². The van der Waals surface area contributed by atoms with Gasteiger partial charge in [0, 0.05) is 42.8 Å². The molecule has 1 aromatic heterocycles. The van der Waals surface area contributed by atoms with E-state index in [9.17, 15) is 27.9 Å². The number of carbonyl (C=O) groups is 3. The van der Waals surface area contributed by atoms with Crippen LogP contribution in [0, 0.1) is 11.8 Å². The van der Waals surface area contributed by atoms with Crippen molar-refractivity contribution < 1.29 is 27.9 Å². The fourth-order valence-corrected chi connectivity index (χ4v) is 7.49. The van der Waals surface area contributed by atoms with Gasteiger partial charge in [-0.3, -0.25) is 24.3 Å². The number of likely N-dealkylation sites (tertiary alicyclic amines) is 1. The van der Waals surface area contributed by atoms with E-state index in [0.717, 1.165) is 37.5 Å². The second-order valence-electron chi connectivity index (χ2n) is 15.1. The highest BCUT2D eigenvalue weighted by atomic mass is 32.2. The van der Waals surface area contributed by atoms with Gasteiger partial charge >= 0.3 is 0 Å². The predicted octanol–water partition coefficient (Wildman–Crippen LogP) is 2.89. The number of pyridine rings is 1. The number of sulfone groups is 1. The van der Waals surface area contributed by atoms with Crippen molar-refractivity contribution in [3.8, 4) is 0 Å². The van der Waals surface area contributed by atoms with Crippen LogP contribution in [-0.2, 0) is 25.8 Å². The fraction of sp³-hybridized carbons (Fsp3) is 0.611. The maximum absolute atomic E-state index is 14.1. The monoisotopic (exact) mass is 683 g/mol. The molecular formula is C36H53N5O6S. The summed E-state index contributed by atoms with van der Waals surface area (Å²) in [5, 5.41) is 20.6. The summed E-state index contributed by atoms with van der Waals surface area (Å²) in [6.07, 6.45) is 8.21. The van der Waals surface area contributed by atoms with Gasteiger partial charge < -0.3 is 21.1 Å². The Balaban J connectivity index is 1.63. The number of aliphatic hydroxyl groups excluding tert-OH is 1. The molecule has 2 heterocycles. The van der Waals surface area contributed by atoms with Gasteiger partial charge in [-0.15, -0.1) is 0 Å². The minimum Gasteiger partial charge on any atom is -0.390 e. The third-order valence-corrected chi connectivity index (χ3v) is 12.1. The summed E-state index contributed by atoms with van der Waals surface area (Å²) >= 11 is 0. The highest BCUT2D eigenvalue weighted by Crippen LogP contribution is 2.39. The molecule has 0 bridgehead atoms. The number of aliphatic hydroxyl groups is 1. The Bertz CT molecular complexity index is 1510. The Labute approximate surface area is 285 Å². The summed E-state index contributed by atoms with van der Waals surface area (Å²) in [5.74, 6) is -0.560. The van der Waals surface area contributed by atoms with Crippen molar-refractivity contribution >= 4 is 27.6 Å². The number of fused-ring (bicyclic) bond motifs is 1. The first-order chi connectivity index (χ1) is 22.5. The second kappa shape index (κ2) is 15.5. The van der Waals surface area contributed by atoms with Crippen molar-refractivity contribution in [2.75, 3.05) is 19.3 Å². The smallest absolute Gasteiger partial charge is 0.252 e. The lowest BCUT2D eigenvalue weighted by Gasteiger charge is -2.47. The van der Waals surface area contributed by atoms with Gasteiger partial charge in [0.05, 0.1) is 22.9 Å². The number of hydrogen-bond donors (Lipinski definition) is 4. The van der Waals surface area contributed by atoms with Crippen LogP contribution in [0.2, 0.25) is 0 Å². The first-order valence-corrected chi connectivity index (χ1v) is 18.8. The number of aromatic nitrogens is 1. The Kier molecular flexibility index (Phi) is 12.1. The topological polar surface area (TPSA) is 158 Å². The van der Waals surface area contributed by atoms with E-state index in [2.05, 4.69) is 25.8 Å². The van der Waals surface area contributed by atoms with Crippen LogP contribution in [0.3, 0.4) is 0 Å². The summed E-state index contributed by atoms with van der Waals surface area (Å²) in [4.78, 5) is 46.9. The molecule has 2 aliphatic rings. The van der Waals surface area contributed by atoms with E-state index in [4.69, 9.17) is 0 Å². The molecule has 48 heavy (non-hydrogen) atoms. The standard InChI is InChI=1S/C36H53N5O6S/c1-35(2,3)40-33(44)29-21-26-14-10-11-15-27(26)22-41(29)23-30(42)28(20-24-12-8-7-9-13-24)38-34(45)31(36(4,5)48(6,46)47)39-32(43)25-16-18-37-19-17-25/h7-9,12-13,16-19,26-31,42H,10-11,14-15,20-23H2,1-6H3,(H,38,45)(H,39,43)(H,40,44). The van der Waals surface area contributed by atoms with E-state index in [1.807, 2.05) is 51.1 Å². The molecule has 12 heteroatoms. The minimum absolute atomic E-state index is 0.0730. The van der Waals surface area contributed by atoms with Gasteiger partial charge in [0.2, 0.25) is 11.8 Å². The molecule has 264 valence electrons. The number of β-amino-alcohol motifs (C(OH)–C–C–N with tert-alkyl or cyclic N) is 1. The average Bonchev–Trinajstić information content (AvgIpc) is 3.02. The Hall–Kier alpha value is -3.35. The van der Waals surface area contributed by atoms with Crippen molar-refractivity contribution in [2.24, 2.45) is 11.8 Å². The predicted molar refractivity (Wildman–Crippen MR) is 186 cm³/mol. The van der Waals surface area contributed by atoms with E-state index >= 15 is 0 Å². The Morgan fingerprint density at radius 1 is 0.958 bits per heavy atom. The van der Waals surface area contributed by atoms with Crippen molar-refractivity contribution in [3.63, 3.8) is 0 Å². The zero-order chi connectivity index (χ0) is 35.3. The zero-order valence-corrected chi connectivity index (χ0v) is 29.9. The fourth-order valence-electron chi connectivity index (χ4n) is 6.90. The second-order valence-corrected chi connectivity index (χ2v) is 17.7. The number of rotatable bonds is 12. The van der Waals surface area contributed by atoms with Crippen LogP contribution < -0.4 is 16.0 Å². The number of carbonyl (C=O) groups excluding carboxylic acids is 3. The van der Waals surface area contributed by atoms with Crippen molar-refractivity contribution in [2.45, 2.75) is 108 Å². The van der Waals surface area contributed by atoms with Gasteiger partial charge in [0.1, 0.15) is 6.04 Å². The molecule has 0 radical (unpaired) electrons. The van der Waals surface area contributed by atoms with Crippen LogP contribution in [0.1, 0.15) is 82.6 Å². The molecule has 1 saturated heterocycles. The summed E-state index contributed by atoms with van der Waals surface area (Å²) in [6.45, 7) is 9.44. The van der Waals surface area contributed by atoms with Crippen LogP contribution in [-0.4, -0.2) is 95.0 Å². The van der Waals surface area contributed by atoms with Crippen LogP contribution in [0.5, 0.6) is 0 Å². The zero-order valence-electron chi connectivity index (χ0n) is 29.1. The first-order valence-electron chi connectivity index (χ1n) is 16.9. The maximum Gasteiger partial charge on any atom is 0.252 e. The lowest BCUT2D eigenvalue weighted by molar-refractivity contribution is -0.133. The summed E-state index contributed by atoms with van der Waals surface area (Å²) < 4.78 is 24.2.